The fraction of sp³-hybridized carbons (Fsp3) is 0.381. The third-order valence-electron chi connectivity index (χ3n) is 4.64. The number of nitrogen functional groups attached to an aromatic ring is 1. The summed E-state index contributed by atoms with van der Waals surface area (Å²) in [5, 5.41) is 6.51. The Balaban J connectivity index is 0.00000338. The lowest BCUT2D eigenvalue weighted by Crippen LogP contribution is -2.27. The maximum atomic E-state index is 12.5. The molecule has 0 aliphatic rings. The average molecular weight is 412 g/mol. The topological polar surface area (TPSA) is 67.2 Å². The van der Waals surface area contributed by atoms with Crippen molar-refractivity contribution in [1.82, 2.24) is 5.32 Å². The van der Waals surface area contributed by atoms with E-state index in [2.05, 4.69) is 31.4 Å². The van der Waals surface area contributed by atoms with Crippen LogP contribution in [0.4, 0.5) is 11.4 Å². The molecule has 0 heterocycles. The molecule has 0 saturated heterocycles. The molecule has 2 aromatic rings. The number of anilines is 2. The minimum Gasteiger partial charge on any atom is -0.399 e. The van der Waals surface area contributed by atoms with Crippen LogP contribution in [0.5, 0.6) is 0 Å². The molecule has 2 aromatic carbocycles. The van der Waals surface area contributed by atoms with Crippen LogP contribution in [0.1, 0.15) is 42.3 Å². The van der Waals surface area contributed by atoms with E-state index >= 15 is 0 Å². The van der Waals surface area contributed by atoms with Gasteiger partial charge in [-0.15, -0.1) is 24.8 Å². The average Bonchev–Trinajstić information content (AvgIpc) is 2.58. The molecular formula is C21H31Cl2N3O. The van der Waals surface area contributed by atoms with Crippen LogP contribution in [0.15, 0.2) is 42.5 Å². The Hall–Kier alpha value is -1.91. The van der Waals surface area contributed by atoms with Gasteiger partial charge in [0.15, 0.2) is 0 Å². The summed E-state index contributed by atoms with van der Waals surface area (Å²) >= 11 is 0. The van der Waals surface area contributed by atoms with Crippen LogP contribution in [0.2, 0.25) is 0 Å². The molecule has 2 rings (SSSR count). The predicted molar refractivity (Wildman–Crippen MR) is 120 cm³/mol. The Morgan fingerprint density at radius 2 is 1.67 bits per heavy atom. The molecule has 150 valence electrons. The number of rotatable bonds is 7. The van der Waals surface area contributed by atoms with Gasteiger partial charge in [0.05, 0.1) is 0 Å². The van der Waals surface area contributed by atoms with Crippen molar-refractivity contribution in [3.8, 4) is 0 Å². The molecule has 0 aromatic heterocycles. The Labute approximate surface area is 175 Å². The van der Waals surface area contributed by atoms with Crippen molar-refractivity contribution in [1.29, 1.82) is 0 Å². The summed E-state index contributed by atoms with van der Waals surface area (Å²) in [7, 11) is 0. The van der Waals surface area contributed by atoms with Gasteiger partial charge in [-0.25, -0.2) is 0 Å². The molecule has 27 heavy (non-hydrogen) atoms. The Morgan fingerprint density at radius 3 is 2.26 bits per heavy atom. The number of amides is 1. The van der Waals surface area contributed by atoms with Gasteiger partial charge < -0.3 is 16.4 Å². The lowest BCUT2D eigenvalue weighted by Gasteiger charge is -2.21. The highest BCUT2D eigenvalue weighted by molar-refractivity contribution is 5.97. The zero-order chi connectivity index (χ0) is 18.4. The van der Waals surface area contributed by atoms with Crippen LogP contribution in [-0.4, -0.2) is 18.5 Å². The number of carbonyl (C=O) groups is 1. The zero-order valence-corrected chi connectivity index (χ0v) is 18.0. The maximum Gasteiger partial charge on any atom is 0.251 e. The molecule has 1 unspecified atom stereocenters. The molecule has 0 aliphatic heterocycles. The molecule has 1 atom stereocenters. The molecule has 0 fully saturated rings. The number of hydrogen-bond donors (Lipinski definition) is 3. The summed E-state index contributed by atoms with van der Waals surface area (Å²) < 4.78 is 0. The second-order valence-electron chi connectivity index (χ2n) is 6.90. The van der Waals surface area contributed by atoms with E-state index in [-0.39, 0.29) is 30.7 Å². The minimum absolute atomic E-state index is 0. The lowest BCUT2D eigenvalue weighted by atomic mass is 10.0. The first-order valence-electron chi connectivity index (χ1n) is 8.87. The van der Waals surface area contributed by atoms with E-state index in [1.807, 2.05) is 49.4 Å². The fourth-order valence-electron chi connectivity index (χ4n) is 2.55. The smallest absolute Gasteiger partial charge is 0.251 e. The third-order valence-corrected chi connectivity index (χ3v) is 4.64. The van der Waals surface area contributed by atoms with Gasteiger partial charge in [-0.05, 0) is 61.6 Å². The van der Waals surface area contributed by atoms with E-state index in [0.29, 0.717) is 18.5 Å². The van der Waals surface area contributed by atoms with E-state index in [1.165, 1.54) is 0 Å². The van der Waals surface area contributed by atoms with E-state index in [4.69, 9.17) is 5.73 Å². The summed E-state index contributed by atoms with van der Waals surface area (Å²) in [4.78, 5) is 12.5. The normalized spacial score (nSPS) is 11.1. The van der Waals surface area contributed by atoms with E-state index in [1.54, 1.807) is 0 Å². The first-order valence-corrected chi connectivity index (χ1v) is 8.87. The van der Waals surface area contributed by atoms with Gasteiger partial charge >= 0.3 is 0 Å². The van der Waals surface area contributed by atoms with Crippen molar-refractivity contribution in [3.63, 3.8) is 0 Å². The van der Waals surface area contributed by atoms with Crippen molar-refractivity contribution >= 4 is 42.1 Å². The quantitative estimate of drug-likeness (QED) is 0.570. The van der Waals surface area contributed by atoms with Gasteiger partial charge in [0.1, 0.15) is 0 Å². The molecule has 0 saturated carbocycles. The molecule has 0 radical (unpaired) electrons. The van der Waals surface area contributed by atoms with Gasteiger partial charge in [0, 0.05) is 29.5 Å². The number of nitrogens with one attached hydrogen (secondary N) is 2. The highest BCUT2D eigenvalue weighted by atomic mass is 35.5. The highest BCUT2D eigenvalue weighted by Gasteiger charge is 2.13. The van der Waals surface area contributed by atoms with Crippen molar-refractivity contribution < 1.29 is 4.79 Å². The third kappa shape index (κ3) is 7.31. The summed E-state index contributed by atoms with van der Waals surface area (Å²) in [6.07, 6.45) is 0.785. The molecule has 4 N–H and O–H groups in total. The monoisotopic (exact) mass is 411 g/mol. The standard InChI is InChI=1S/C21H29N3O.2ClH/c1-14(2)16(4)24-20-7-5-6-19(15(20)3)21(25)23-13-12-17-8-10-18(22)11-9-17;;/h5-11,14,16,24H,12-13,22H2,1-4H3,(H,23,25);2*1H. The minimum atomic E-state index is -0.0335. The molecule has 6 heteroatoms. The Morgan fingerprint density at radius 1 is 1.04 bits per heavy atom. The van der Waals surface area contributed by atoms with E-state index < -0.39 is 0 Å². The second-order valence-corrected chi connectivity index (χ2v) is 6.90. The van der Waals surface area contributed by atoms with Crippen LogP contribution in [0.3, 0.4) is 0 Å². The van der Waals surface area contributed by atoms with Crippen molar-refractivity contribution in [2.24, 2.45) is 5.92 Å². The van der Waals surface area contributed by atoms with Gasteiger partial charge in [-0.1, -0.05) is 32.0 Å². The van der Waals surface area contributed by atoms with Crippen molar-refractivity contribution in [2.75, 3.05) is 17.6 Å². The van der Waals surface area contributed by atoms with Gasteiger partial charge in [-0.2, -0.15) is 0 Å². The van der Waals surface area contributed by atoms with Crippen LogP contribution >= 0.6 is 24.8 Å². The number of carbonyl (C=O) groups excluding carboxylic acids is 1. The summed E-state index contributed by atoms with van der Waals surface area (Å²) in [5.41, 5.74) is 10.3. The molecule has 4 nitrogen and oxygen atoms in total. The Bertz CT molecular complexity index is 718. The van der Waals surface area contributed by atoms with E-state index in [9.17, 15) is 4.79 Å². The molecule has 1 amide bonds. The number of halogens is 2. The SMILES string of the molecule is Cc1c(NC(C)C(C)C)cccc1C(=O)NCCc1ccc(N)cc1.Cl.Cl. The van der Waals surface area contributed by atoms with E-state index in [0.717, 1.165) is 34.5 Å². The van der Waals surface area contributed by atoms with Crippen molar-refractivity contribution in [2.45, 2.75) is 40.2 Å². The maximum absolute atomic E-state index is 12.5. The van der Waals surface area contributed by atoms with Crippen molar-refractivity contribution in [3.05, 3.63) is 59.2 Å². The fourth-order valence-corrected chi connectivity index (χ4v) is 2.55. The van der Waals surface area contributed by atoms with Crippen LogP contribution < -0.4 is 16.4 Å². The number of benzene rings is 2. The van der Waals surface area contributed by atoms with Crippen LogP contribution in [-0.2, 0) is 6.42 Å². The number of nitrogens with two attached hydrogens (primary N) is 1. The number of hydrogen-bond acceptors (Lipinski definition) is 3. The molecule has 0 spiro atoms. The summed E-state index contributed by atoms with van der Waals surface area (Å²) in [6, 6.07) is 13.9. The largest absolute Gasteiger partial charge is 0.399 e. The first kappa shape index (κ1) is 25.1. The van der Waals surface area contributed by atoms with Crippen LogP contribution in [0.25, 0.3) is 0 Å². The molecule has 0 bridgehead atoms. The highest BCUT2D eigenvalue weighted by Crippen LogP contribution is 2.21. The predicted octanol–water partition coefficient (Wildman–Crippen LogP) is 4.85. The van der Waals surface area contributed by atoms with Gasteiger partial charge in [0.25, 0.3) is 5.91 Å². The molecular weight excluding hydrogens is 381 g/mol. The summed E-state index contributed by atoms with van der Waals surface area (Å²) in [6.45, 7) is 9.11. The lowest BCUT2D eigenvalue weighted by molar-refractivity contribution is 0.0953. The van der Waals surface area contributed by atoms with Crippen LogP contribution in [0, 0.1) is 12.8 Å². The Kier molecular flexibility index (Phi) is 10.9. The zero-order valence-electron chi connectivity index (χ0n) is 16.4. The summed E-state index contributed by atoms with van der Waals surface area (Å²) in [5.74, 6) is 0.491. The second kappa shape index (κ2) is 11.7. The molecule has 0 aliphatic carbocycles. The van der Waals surface area contributed by atoms with Gasteiger partial charge in [0.2, 0.25) is 0 Å². The van der Waals surface area contributed by atoms with Gasteiger partial charge in [-0.3, -0.25) is 4.79 Å². The first-order chi connectivity index (χ1) is 11.9.